The zero-order valence-corrected chi connectivity index (χ0v) is 21.8. The van der Waals surface area contributed by atoms with Crippen molar-refractivity contribution in [3.05, 3.63) is 94.8 Å². The van der Waals surface area contributed by atoms with E-state index in [0.29, 0.717) is 29.2 Å². The SMILES string of the molecule is COc1ccc(CN(c2nccs2)S(=O)(=O)c2cc(F)c(N[C@@H](N)c3ccccc3F)cc2F)c(OC)c1. The smallest absolute Gasteiger partial charge is 0.269 e. The molecule has 0 bridgehead atoms. The Labute approximate surface area is 221 Å². The molecule has 0 saturated heterocycles. The number of nitrogens with one attached hydrogen (secondary N) is 1. The normalized spacial score (nSPS) is 12.2. The Kier molecular flexibility index (Phi) is 8.09. The Balaban J connectivity index is 1.70. The fourth-order valence-electron chi connectivity index (χ4n) is 3.66. The lowest BCUT2D eigenvalue weighted by Gasteiger charge is -2.24. The van der Waals surface area contributed by atoms with Crippen molar-refractivity contribution in [3.8, 4) is 11.5 Å². The van der Waals surface area contributed by atoms with Crippen molar-refractivity contribution >= 4 is 32.2 Å². The van der Waals surface area contributed by atoms with Gasteiger partial charge in [-0.3, -0.25) is 0 Å². The second-order valence-electron chi connectivity index (χ2n) is 7.91. The molecule has 8 nitrogen and oxygen atoms in total. The van der Waals surface area contributed by atoms with Crippen LogP contribution in [0.25, 0.3) is 0 Å². The Bertz CT molecular complexity index is 1540. The van der Waals surface area contributed by atoms with E-state index in [0.717, 1.165) is 15.6 Å². The van der Waals surface area contributed by atoms with E-state index in [9.17, 15) is 12.8 Å². The van der Waals surface area contributed by atoms with Crippen LogP contribution in [0.2, 0.25) is 0 Å². The van der Waals surface area contributed by atoms with Crippen LogP contribution < -0.4 is 24.8 Å². The number of sulfonamides is 1. The molecule has 1 aromatic heterocycles. The van der Waals surface area contributed by atoms with E-state index < -0.39 is 44.2 Å². The Hall–Kier alpha value is -3.81. The first-order chi connectivity index (χ1) is 18.1. The van der Waals surface area contributed by atoms with E-state index in [2.05, 4.69) is 10.3 Å². The van der Waals surface area contributed by atoms with Crippen molar-refractivity contribution in [2.75, 3.05) is 23.8 Å². The van der Waals surface area contributed by atoms with Crippen molar-refractivity contribution in [2.45, 2.75) is 17.6 Å². The molecule has 38 heavy (non-hydrogen) atoms. The molecule has 0 aliphatic carbocycles. The van der Waals surface area contributed by atoms with Crippen molar-refractivity contribution in [1.29, 1.82) is 0 Å². The highest BCUT2D eigenvalue weighted by molar-refractivity contribution is 7.93. The van der Waals surface area contributed by atoms with E-state index in [1.807, 2.05) is 0 Å². The van der Waals surface area contributed by atoms with Crippen molar-refractivity contribution in [2.24, 2.45) is 5.73 Å². The van der Waals surface area contributed by atoms with E-state index >= 15 is 8.78 Å². The van der Waals surface area contributed by atoms with E-state index in [4.69, 9.17) is 15.2 Å². The zero-order chi connectivity index (χ0) is 27.4. The van der Waals surface area contributed by atoms with Gasteiger partial charge in [-0.1, -0.05) is 18.2 Å². The molecule has 0 amide bonds. The Morgan fingerprint density at radius 1 is 1.03 bits per heavy atom. The molecule has 200 valence electrons. The summed E-state index contributed by atoms with van der Waals surface area (Å²) in [7, 11) is -1.78. The minimum atomic E-state index is -4.66. The van der Waals surface area contributed by atoms with E-state index in [-0.39, 0.29) is 17.2 Å². The molecule has 0 spiro atoms. The van der Waals surface area contributed by atoms with E-state index in [1.54, 1.807) is 23.6 Å². The third-order valence-electron chi connectivity index (χ3n) is 5.58. The molecular formula is C25H23F3N4O4S2. The predicted molar refractivity (Wildman–Crippen MR) is 138 cm³/mol. The maximum atomic E-state index is 15.3. The molecule has 4 aromatic rings. The number of ether oxygens (including phenoxy) is 2. The lowest BCUT2D eigenvalue weighted by Crippen LogP contribution is -2.31. The quantitative estimate of drug-likeness (QED) is 0.260. The van der Waals surface area contributed by atoms with Gasteiger partial charge in [0.25, 0.3) is 10.0 Å². The van der Waals surface area contributed by atoms with Gasteiger partial charge >= 0.3 is 0 Å². The minimum absolute atomic E-state index is 0.0207. The van der Waals surface area contributed by atoms with Crippen LogP contribution in [0.1, 0.15) is 17.3 Å². The second kappa shape index (κ2) is 11.3. The number of aromatic nitrogens is 1. The van der Waals surface area contributed by atoms with Gasteiger partial charge < -0.3 is 20.5 Å². The summed E-state index contributed by atoms with van der Waals surface area (Å²) in [6, 6.07) is 11.6. The number of hydrogen-bond acceptors (Lipinski definition) is 8. The van der Waals surface area contributed by atoms with Crippen molar-refractivity contribution < 1.29 is 31.1 Å². The molecule has 1 atom stereocenters. The van der Waals surface area contributed by atoms with Crippen molar-refractivity contribution in [1.82, 2.24) is 4.98 Å². The van der Waals surface area contributed by atoms with Crippen LogP contribution in [-0.2, 0) is 16.6 Å². The average Bonchev–Trinajstić information content (AvgIpc) is 3.43. The summed E-state index contributed by atoms with van der Waals surface area (Å²) in [5.41, 5.74) is 5.94. The topological polar surface area (TPSA) is 107 Å². The fraction of sp³-hybridized carbons (Fsp3) is 0.160. The van der Waals surface area contributed by atoms with Crippen LogP contribution in [-0.4, -0.2) is 27.6 Å². The first-order valence-corrected chi connectivity index (χ1v) is 13.4. The monoisotopic (exact) mass is 564 g/mol. The van der Waals surface area contributed by atoms with Gasteiger partial charge in [-0.2, -0.15) is 0 Å². The lowest BCUT2D eigenvalue weighted by atomic mass is 10.1. The summed E-state index contributed by atoms with van der Waals surface area (Å²) in [5, 5.41) is 4.07. The number of rotatable bonds is 10. The summed E-state index contributed by atoms with van der Waals surface area (Å²) in [6.45, 7) is -0.289. The largest absolute Gasteiger partial charge is 0.497 e. The second-order valence-corrected chi connectivity index (χ2v) is 10.6. The highest BCUT2D eigenvalue weighted by Crippen LogP contribution is 2.34. The van der Waals surface area contributed by atoms with E-state index in [1.165, 1.54) is 44.7 Å². The summed E-state index contributed by atoms with van der Waals surface area (Å²) >= 11 is 1.00. The van der Waals surface area contributed by atoms with Gasteiger partial charge in [-0.15, -0.1) is 11.3 Å². The Morgan fingerprint density at radius 3 is 2.45 bits per heavy atom. The van der Waals surface area contributed by atoms with Gasteiger partial charge in [0.2, 0.25) is 0 Å². The first kappa shape index (κ1) is 27.2. The zero-order valence-electron chi connectivity index (χ0n) is 20.2. The van der Waals surface area contributed by atoms with Gasteiger partial charge in [0.15, 0.2) is 5.13 Å². The minimum Gasteiger partial charge on any atom is -0.497 e. The molecule has 0 unspecified atom stereocenters. The third-order valence-corrected chi connectivity index (χ3v) is 8.24. The molecule has 13 heteroatoms. The molecule has 0 radical (unpaired) electrons. The van der Waals surface area contributed by atoms with Crippen LogP contribution in [0.4, 0.5) is 24.0 Å². The maximum Gasteiger partial charge on any atom is 0.269 e. The summed E-state index contributed by atoms with van der Waals surface area (Å²) in [6.07, 6.45) is 0.170. The van der Waals surface area contributed by atoms with Gasteiger partial charge in [0, 0.05) is 34.8 Å². The highest BCUT2D eigenvalue weighted by atomic mass is 32.2. The summed E-state index contributed by atoms with van der Waals surface area (Å²) in [5.74, 6) is -2.16. The number of halogens is 3. The number of hydrogen-bond donors (Lipinski definition) is 2. The van der Waals surface area contributed by atoms with Crippen molar-refractivity contribution in [3.63, 3.8) is 0 Å². The molecule has 0 aliphatic heterocycles. The van der Waals surface area contributed by atoms with Gasteiger partial charge in [-0.05, 0) is 24.3 Å². The molecule has 0 aliphatic rings. The van der Waals surface area contributed by atoms with Crippen LogP contribution in [0, 0.1) is 17.5 Å². The Morgan fingerprint density at radius 2 is 1.79 bits per heavy atom. The predicted octanol–water partition coefficient (Wildman–Crippen LogP) is 5.04. The average molecular weight is 565 g/mol. The summed E-state index contributed by atoms with van der Waals surface area (Å²) < 4.78 is 83.1. The van der Waals surface area contributed by atoms with Crippen LogP contribution >= 0.6 is 11.3 Å². The van der Waals surface area contributed by atoms with Crippen LogP contribution in [0.15, 0.2) is 71.1 Å². The highest BCUT2D eigenvalue weighted by Gasteiger charge is 2.32. The molecule has 3 N–H and O–H groups in total. The van der Waals surface area contributed by atoms with Gasteiger partial charge in [0.1, 0.15) is 40.0 Å². The summed E-state index contributed by atoms with van der Waals surface area (Å²) in [4.78, 5) is 3.15. The molecule has 0 saturated carbocycles. The van der Waals surface area contributed by atoms with Gasteiger partial charge in [0.05, 0.1) is 26.5 Å². The number of nitrogens with zero attached hydrogens (tertiary/aromatic N) is 2. The maximum absolute atomic E-state index is 15.3. The van der Waals surface area contributed by atoms with Crippen LogP contribution in [0.5, 0.6) is 11.5 Å². The molecule has 3 aromatic carbocycles. The number of benzene rings is 3. The van der Waals surface area contributed by atoms with Crippen LogP contribution in [0.3, 0.4) is 0 Å². The lowest BCUT2D eigenvalue weighted by molar-refractivity contribution is 0.391. The van der Waals surface area contributed by atoms with Gasteiger partial charge in [-0.25, -0.2) is 30.9 Å². The molecular weight excluding hydrogens is 541 g/mol. The fourth-order valence-corrected chi connectivity index (χ4v) is 5.99. The standard InChI is InChI=1S/C25H23F3N4O4S2/c1-35-16-8-7-15(22(11-16)36-2)14-32(25-30-9-10-37-25)38(33,34)23-13-19(27)21(12-20(23)28)31-24(29)17-5-3-4-6-18(17)26/h3-13,24,31H,14,29H2,1-2H3/t24-/m1/s1. The third kappa shape index (κ3) is 5.54. The first-order valence-electron chi connectivity index (χ1n) is 11.0. The molecule has 0 fully saturated rings. The number of anilines is 2. The number of nitrogens with two attached hydrogens (primary N) is 1. The molecule has 1 heterocycles. The number of methoxy groups -OCH3 is 2. The number of thiazole rings is 1. The molecule has 4 rings (SSSR count).